The number of carbonyl (C=O) groups is 12. The first kappa shape index (κ1) is 64.9. The monoisotopic (exact) mass is 1070 g/mol. The number of amides is 8. The molecule has 29 heteroatoms. The van der Waals surface area contributed by atoms with Crippen LogP contribution in [0.5, 0.6) is 5.75 Å². The molecule has 0 bridgehead atoms. The maximum absolute atomic E-state index is 14.0. The summed E-state index contributed by atoms with van der Waals surface area (Å²) in [6.45, 7) is 6.18. The Labute approximate surface area is 429 Å². The summed E-state index contributed by atoms with van der Waals surface area (Å²) >= 11 is 1.20. The summed E-state index contributed by atoms with van der Waals surface area (Å²) in [5, 5.41) is 85.9. The average molecular weight is 1070 g/mol. The summed E-state index contributed by atoms with van der Waals surface area (Å²) in [6, 6.07) is -9.60. The van der Waals surface area contributed by atoms with Gasteiger partial charge in [0.15, 0.2) is 6.04 Å². The number of rotatable bonds is 34. The second kappa shape index (κ2) is 32.2. The van der Waals surface area contributed by atoms with E-state index in [0.29, 0.717) is 5.56 Å². The van der Waals surface area contributed by atoms with E-state index in [2.05, 4.69) is 42.5 Å². The van der Waals surface area contributed by atoms with Gasteiger partial charge < -0.3 is 84.0 Å². The molecule has 0 fully saturated rings. The zero-order chi connectivity index (χ0) is 56.6. The van der Waals surface area contributed by atoms with Crippen LogP contribution in [0.15, 0.2) is 24.3 Å². The van der Waals surface area contributed by atoms with Crippen molar-refractivity contribution in [3.63, 3.8) is 0 Å². The minimum atomic E-state index is -1.91. The van der Waals surface area contributed by atoms with Gasteiger partial charge in [0.2, 0.25) is 47.3 Å². The van der Waals surface area contributed by atoms with Gasteiger partial charge in [-0.25, -0.2) is 4.79 Å². The quantitative estimate of drug-likeness (QED) is 0.0312. The number of aliphatic hydroxyl groups is 2. The molecule has 0 aliphatic heterocycles. The normalized spacial score (nSPS) is 15.2. The van der Waals surface area contributed by atoms with Crippen molar-refractivity contribution in [1.29, 1.82) is 0 Å². The second-order valence-corrected chi connectivity index (χ2v) is 18.7. The minimum absolute atomic E-state index is 0.155. The number of nitrogens with one attached hydrogen (secondary N) is 8. The van der Waals surface area contributed by atoms with Crippen molar-refractivity contribution in [3.05, 3.63) is 29.8 Å². The van der Waals surface area contributed by atoms with Crippen LogP contribution in [0.1, 0.15) is 78.7 Å². The lowest BCUT2D eigenvalue weighted by atomic mass is 10.0. The molecule has 0 heterocycles. The molecule has 28 nitrogen and oxygen atoms in total. The SMILES string of the molecule is CSCC[C@H](NC(=O)[C@H](CCC(=O)O)NC(=O)[C@@H](NC(=O)[C@H](CC(=O)O)NC(=O)[C@H](CO)NC(=O)[C@@H](N)C(C)C)C(C)C)C(=O)N[C@@H](CCC(=O)O)C(=O)N[C@@H](Cc1ccc(O)cc1)C(=O)N[C@H](C(=O)O)[C@@H](C)O. The number of thioether (sulfide) groups is 1. The largest absolute Gasteiger partial charge is 0.508 e. The van der Waals surface area contributed by atoms with Crippen LogP contribution in [0.25, 0.3) is 0 Å². The van der Waals surface area contributed by atoms with E-state index in [1.165, 1.54) is 49.9 Å². The van der Waals surface area contributed by atoms with Crippen molar-refractivity contribution < 1.29 is 93.3 Å². The van der Waals surface area contributed by atoms with Gasteiger partial charge in [0.05, 0.1) is 25.2 Å². The van der Waals surface area contributed by atoms with E-state index >= 15 is 0 Å². The van der Waals surface area contributed by atoms with E-state index in [0.717, 1.165) is 6.92 Å². The fourth-order valence-corrected chi connectivity index (χ4v) is 7.06. The molecule has 8 amide bonds. The zero-order valence-electron chi connectivity index (χ0n) is 41.6. The molecule has 10 atom stereocenters. The summed E-state index contributed by atoms with van der Waals surface area (Å²) in [6.07, 6.45) is -4.23. The molecule has 0 spiro atoms. The van der Waals surface area contributed by atoms with Gasteiger partial charge in [0.1, 0.15) is 48.0 Å². The van der Waals surface area contributed by atoms with Gasteiger partial charge in [-0.3, -0.25) is 52.7 Å². The Morgan fingerprint density at radius 3 is 1.34 bits per heavy atom. The molecule has 1 rings (SSSR count). The Hall–Kier alpha value is -7.11. The Bertz CT molecular complexity index is 2150. The van der Waals surface area contributed by atoms with Crippen molar-refractivity contribution in [2.45, 2.75) is 140 Å². The van der Waals surface area contributed by atoms with Gasteiger partial charge in [-0.15, -0.1) is 0 Å². The Morgan fingerprint density at radius 2 is 0.919 bits per heavy atom. The highest BCUT2D eigenvalue weighted by atomic mass is 32.2. The number of carbonyl (C=O) groups excluding carboxylic acids is 8. The lowest BCUT2D eigenvalue weighted by Gasteiger charge is -2.29. The van der Waals surface area contributed by atoms with Crippen LogP contribution in [0.4, 0.5) is 0 Å². The van der Waals surface area contributed by atoms with Gasteiger partial charge in [-0.1, -0.05) is 39.8 Å². The van der Waals surface area contributed by atoms with Gasteiger partial charge in [-0.2, -0.15) is 11.8 Å². The van der Waals surface area contributed by atoms with Crippen LogP contribution in [0.2, 0.25) is 0 Å². The predicted molar refractivity (Wildman–Crippen MR) is 260 cm³/mol. The molecule has 0 saturated carbocycles. The lowest BCUT2D eigenvalue weighted by molar-refractivity contribution is -0.145. The Morgan fingerprint density at radius 1 is 0.514 bits per heavy atom. The number of aromatic hydroxyl groups is 1. The van der Waals surface area contributed by atoms with Gasteiger partial charge >= 0.3 is 23.9 Å². The molecule has 0 unspecified atom stereocenters. The van der Waals surface area contributed by atoms with E-state index in [1.807, 2.05) is 0 Å². The molecular formula is C45H69N9O19S. The number of aliphatic hydroxyl groups excluding tert-OH is 2. The molecular weight excluding hydrogens is 1000 g/mol. The fraction of sp³-hybridized carbons (Fsp3) is 0.600. The van der Waals surface area contributed by atoms with Gasteiger partial charge in [-0.05, 0) is 67.7 Å². The first-order valence-corrected chi connectivity index (χ1v) is 24.5. The summed E-state index contributed by atoms with van der Waals surface area (Å²) < 4.78 is 0. The Kier molecular flexibility index (Phi) is 28.2. The minimum Gasteiger partial charge on any atom is -0.508 e. The van der Waals surface area contributed by atoms with Crippen LogP contribution in [-0.2, 0) is 64.0 Å². The third kappa shape index (κ3) is 23.2. The first-order valence-electron chi connectivity index (χ1n) is 23.2. The van der Waals surface area contributed by atoms with Gasteiger partial charge in [0.25, 0.3) is 0 Å². The number of hydrogen-bond acceptors (Lipinski definition) is 17. The average Bonchev–Trinajstić information content (AvgIpc) is 3.31. The van der Waals surface area contributed by atoms with Crippen molar-refractivity contribution in [2.75, 3.05) is 18.6 Å². The molecule has 1 aromatic rings. The molecule has 0 aromatic heterocycles. The van der Waals surface area contributed by atoms with Crippen LogP contribution in [0.3, 0.4) is 0 Å². The van der Waals surface area contributed by atoms with Crippen molar-refractivity contribution in [2.24, 2.45) is 17.6 Å². The summed E-state index contributed by atoms with van der Waals surface area (Å²) in [5.74, 6) is -16.2. The highest BCUT2D eigenvalue weighted by Gasteiger charge is 2.37. The smallest absolute Gasteiger partial charge is 0.328 e. The number of benzene rings is 1. The number of carboxylic acid groups (broad SMARTS) is 4. The molecule has 414 valence electrons. The molecule has 0 aliphatic rings. The third-order valence-electron chi connectivity index (χ3n) is 11.0. The van der Waals surface area contributed by atoms with Crippen LogP contribution < -0.4 is 48.3 Å². The highest BCUT2D eigenvalue weighted by Crippen LogP contribution is 2.14. The molecule has 0 radical (unpaired) electrons. The summed E-state index contributed by atoms with van der Waals surface area (Å²) in [5.41, 5.74) is 6.14. The van der Waals surface area contributed by atoms with Crippen LogP contribution in [0, 0.1) is 11.8 Å². The maximum Gasteiger partial charge on any atom is 0.328 e. The topological polar surface area (TPSA) is 469 Å². The lowest BCUT2D eigenvalue weighted by Crippen LogP contribution is -2.61. The molecule has 1 aromatic carbocycles. The number of nitrogens with two attached hydrogens (primary N) is 1. The second-order valence-electron chi connectivity index (χ2n) is 17.7. The third-order valence-corrected chi connectivity index (χ3v) is 11.6. The summed E-state index contributed by atoms with van der Waals surface area (Å²) in [4.78, 5) is 155. The Balaban J connectivity index is 3.52. The maximum atomic E-state index is 14.0. The van der Waals surface area contributed by atoms with E-state index < -0.39 is 176 Å². The highest BCUT2D eigenvalue weighted by molar-refractivity contribution is 7.98. The molecule has 0 aliphatic carbocycles. The number of aliphatic carboxylic acids is 4. The number of hydrogen-bond donors (Lipinski definition) is 16. The van der Waals surface area contributed by atoms with E-state index in [1.54, 1.807) is 20.1 Å². The standard InChI is InChI=1S/C45H69N9O19S/c1-20(2)34(46)43(70)52-30(19-55)42(69)51-29(18-33(62)63)41(68)53-35(21(3)4)44(71)49-26(12-14-32(60)61)37(64)48-27(15-16-74-6)39(66)47-25(11-13-31(58)59)38(65)50-28(17-23-7-9-24(57)10-8-23)40(67)54-36(22(5)56)45(72)73/h7-10,20-22,25-30,34-36,55-57H,11-19,46H2,1-6H3,(H,47,66)(H,48,64)(H,49,71)(H,50,65)(H,51,69)(H,52,70)(H,53,68)(H,54,67)(H,58,59)(H,60,61)(H,62,63)(H,72,73)/t22-,25+,26+,27+,28+,29+,30+,34+,35+,36+/m1/s1. The molecule has 0 saturated heterocycles. The zero-order valence-corrected chi connectivity index (χ0v) is 42.4. The number of phenolic OH excluding ortho intramolecular Hbond substituents is 1. The van der Waals surface area contributed by atoms with E-state index in [9.17, 15) is 93.3 Å². The predicted octanol–water partition coefficient (Wildman–Crippen LogP) is -4.13. The first-order chi connectivity index (χ1) is 34.5. The van der Waals surface area contributed by atoms with Gasteiger partial charge in [0, 0.05) is 19.3 Å². The van der Waals surface area contributed by atoms with Crippen LogP contribution >= 0.6 is 11.8 Å². The van der Waals surface area contributed by atoms with Crippen molar-refractivity contribution in [1.82, 2.24) is 42.5 Å². The van der Waals surface area contributed by atoms with E-state index in [-0.39, 0.29) is 30.3 Å². The number of carboxylic acids is 4. The molecule has 17 N–H and O–H groups in total. The van der Waals surface area contributed by atoms with E-state index in [4.69, 9.17) is 5.73 Å². The van der Waals surface area contributed by atoms with Crippen LogP contribution in [-0.4, -0.2) is 186 Å². The van der Waals surface area contributed by atoms with Crippen molar-refractivity contribution >= 4 is 82.9 Å². The number of phenols is 1. The molecule has 74 heavy (non-hydrogen) atoms. The fourth-order valence-electron chi connectivity index (χ4n) is 6.59. The van der Waals surface area contributed by atoms with Crippen molar-refractivity contribution in [3.8, 4) is 5.75 Å². The summed E-state index contributed by atoms with van der Waals surface area (Å²) in [7, 11) is 0.